The first-order valence-corrected chi connectivity index (χ1v) is 7.06. The van der Waals surface area contributed by atoms with Crippen molar-refractivity contribution in [3.63, 3.8) is 0 Å². The van der Waals surface area contributed by atoms with Crippen molar-refractivity contribution < 1.29 is 0 Å². The fourth-order valence-electron chi connectivity index (χ4n) is 2.90. The Hall–Kier alpha value is -0.120. The fourth-order valence-corrected chi connectivity index (χ4v) is 2.90. The van der Waals surface area contributed by atoms with E-state index < -0.39 is 0 Å². The summed E-state index contributed by atoms with van der Waals surface area (Å²) in [5.41, 5.74) is 0.516. The van der Waals surface area contributed by atoms with Gasteiger partial charge < -0.3 is 10.2 Å². The molecule has 0 aromatic heterocycles. The van der Waals surface area contributed by atoms with Gasteiger partial charge in [-0.15, -0.1) is 0 Å². The Morgan fingerprint density at radius 1 is 1.24 bits per heavy atom. The third-order valence-corrected chi connectivity index (χ3v) is 4.05. The molecule has 0 saturated carbocycles. The molecule has 0 spiro atoms. The second-order valence-corrected chi connectivity index (χ2v) is 6.24. The summed E-state index contributed by atoms with van der Waals surface area (Å²) in [5.74, 6) is 0. The number of hydrogen-bond acceptors (Lipinski definition) is 3. The lowest BCUT2D eigenvalue weighted by Gasteiger charge is -2.41. The van der Waals surface area contributed by atoms with Gasteiger partial charge in [-0.2, -0.15) is 0 Å². The maximum atomic E-state index is 3.47. The van der Waals surface area contributed by atoms with Gasteiger partial charge in [-0.25, -0.2) is 0 Å². The van der Waals surface area contributed by atoms with Crippen LogP contribution in [0.15, 0.2) is 0 Å². The van der Waals surface area contributed by atoms with Gasteiger partial charge in [0, 0.05) is 19.1 Å². The van der Waals surface area contributed by atoms with Crippen molar-refractivity contribution in [2.75, 3.05) is 46.8 Å². The lowest BCUT2D eigenvalue weighted by molar-refractivity contribution is 0.0926. The molecule has 1 saturated heterocycles. The van der Waals surface area contributed by atoms with Crippen LogP contribution in [-0.2, 0) is 0 Å². The van der Waals surface area contributed by atoms with Crippen LogP contribution in [0.2, 0.25) is 0 Å². The van der Waals surface area contributed by atoms with Gasteiger partial charge in [0.05, 0.1) is 0 Å². The van der Waals surface area contributed by atoms with Crippen LogP contribution in [0, 0.1) is 5.41 Å². The molecule has 1 unspecified atom stereocenters. The molecule has 3 nitrogen and oxygen atoms in total. The standard InChI is InChI=1S/C14H31N3/c1-6-17(13(2)11-16(4)5)12-14(3)7-9-15-10-8-14/h13,15H,6-12H2,1-5H3. The first kappa shape index (κ1) is 14.9. The molecule has 0 aromatic carbocycles. The molecule has 1 aliphatic rings. The van der Waals surface area contributed by atoms with Gasteiger partial charge in [0.25, 0.3) is 0 Å². The zero-order chi connectivity index (χ0) is 12.9. The number of hydrogen-bond donors (Lipinski definition) is 1. The molecule has 0 amide bonds. The summed E-state index contributed by atoms with van der Waals surface area (Å²) in [6, 6.07) is 0.654. The van der Waals surface area contributed by atoms with Crippen LogP contribution in [0.5, 0.6) is 0 Å². The van der Waals surface area contributed by atoms with Crippen molar-refractivity contribution in [1.29, 1.82) is 0 Å². The first-order chi connectivity index (χ1) is 7.97. The maximum absolute atomic E-state index is 3.47. The van der Waals surface area contributed by atoms with Gasteiger partial charge in [-0.1, -0.05) is 13.8 Å². The molecule has 1 rings (SSSR count). The zero-order valence-electron chi connectivity index (χ0n) is 12.4. The Labute approximate surface area is 108 Å². The highest BCUT2D eigenvalue weighted by Crippen LogP contribution is 2.29. The smallest absolute Gasteiger partial charge is 0.0194 e. The zero-order valence-corrected chi connectivity index (χ0v) is 12.4. The van der Waals surface area contributed by atoms with E-state index >= 15 is 0 Å². The predicted octanol–water partition coefficient (Wildman–Crippen LogP) is 1.65. The minimum atomic E-state index is 0.516. The highest BCUT2D eigenvalue weighted by atomic mass is 15.2. The Morgan fingerprint density at radius 3 is 2.29 bits per heavy atom. The lowest BCUT2D eigenvalue weighted by atomic mass is 9.80. The Bertz CT molecular complexity index is 210. The molecule has 0 aromatic rings. The third-order valence-electron chi connectivity index (χ3n) is 4.05. The number of likely N-dealkylation sites (N-methyl/N-ethyl adjacent to an activating group) is 2. The van der Waals surface area contributed by atoms with E-state index in [4.69, 9.17) is 0 Å². The minimum absolute atomic E-state index is 0.516. The van der Waals surface area contributed by atoms with Gasteiger partial charge in [0.1, 0.15) is 0 Å². The van der Waals surface area contributed by atoms with Crippen molar-refractivity contribution in [3.8, 4) is 0 Å². The van der Waals surface area contributed by atoms with E-state index in [0.717, 1.165) is 13.1 Å². The molecule has 17 heavy (non-hydrogen) atoms. The average molecular weight is 241 g/mol. The summed E-state index contributed by atoms with van der Waals surface area (Å²) in [6.45, 7) is 13.1. The van der Waals surface area contributed by atoms with Crippen LogP contribution in [0.3, 0.4) is 0 Å². The van der Waals surface area contributed by atoms with Crippen molar-refractivity contribution in [2.45, 2.75) is 39.7 Å². The van der Waals surface area contributed by atoms with Crippen molar-refractivity contribution in [2.24, 2.45) is 5.41 Å². The highest BCUT2D eigenvalue weighted by molar-refractivity contribution is 4.85. The number of rotatable bonds is 6. The predicted molar refractivity (Wildman–Crippen MR) is 75.5 cm³/mol. The molecule has 1 aliphatic heterocycles. The van der Waals surface area contributed by atoms with Crippen LogP contribution in [0.1, 0.15) is 33.6 Å². The van der Waals surface area contributed by atoms with Gasteiger partial charge in [0.2, 0.25) is 0 Å². The van der Waals surface area contributed by atoms with E-state index in [-0.39, 0.29) is 0 Å². The molecule has 1 heterocycles. The van der Waals surface area contributed by atoms with E-state index in [9.17, 15) is 0 Å². The molecular weight excluding hydrogens is 210 g/mol. The Morgan fingerprint density at radius 2 is 1.82 bits per heavy atom. The summed E-state index contributed by atoms with van der Waals surface area (Å²) in [4.78, 5) is 4.93. The van der Waals surface area contributed by atoms with Gasteiger partial charge in [-0.05, 0) is 58.9 Å². The topological polar surface area (TPSA) is 18.5 Å². The third kappa shape index (κ3) is 4.94. The van der Waals surface area contributed by atoms with E-state index in [1.165, 1.54) is 32.5 Å². The van der Waals surface area contributed by atoms with Crippen molar-refractivity contribution >= 4 is 0 Å². The average Bonchev–Trinajstić information content (AvgIpc) is 2.26. The van der Waals surface area contributed by atoms with E-state index in [0.29, 0.717) is 11.5 Å². The summed E-state index contributed by atoms with van der Waals surface area (Å²) in [6.07, 6.45) is 2.64. The number of nitrogens with one attached hydrogen (secondary N) is 1. The number of piperidine rings is 1. The van der Waals surface area contributed by atoms with Crippen LogP contribution in [0.4, 0.5) is 0 Å². The maximum Gasteiger partial charge on any atom is 0.0194 e. The fraction of sp³-hybridized carbons (Fsp3) is 1.00. The number of nitrogens with zero attached hydrogens (tertiary/aromatic N) is 2. The normalized spacial score (nSPS) is 22.1. The highest BCUT2D eigenvalue weighted by Gasteiger charge is 2.30. The molecule has 1 fully saturated rings. The molecule has 102 valence electrons. The molecule has 1 atom stereocenters. The summed E-state index contributed by atoms with van der Waals surface area (Å²) < 4.78 is 0. The largest absolute Gasteiger partial charge is 0.317 e. The molecule has 0 bridgehead atoms. The van der Waals surface area contributed by atoms with Crippen molar-refractivity contribution in [1.82, 2.24) is 15.1 Å². The minimum Gasteiger partial charge on any atom is -0.317 e. The molecule has 3 heteroatoms. The van der Waals surface area contributed by atoms with Crippen LogP contribution < -0.4 is 5.32 Å². The molecule has 0 aliphatic carbocycles. The SMILES string of the molecule is CCN(CC1(C)CCNCC1)C(C)CN(C)C. The monoisotopic (exact) mass is 241 g/mol. The van der Waals surface area contributed by atoms with Crippen molar-refractivity contribution in [3.05, 3.63) is 0 Å². The van der Waals surface area contributed by atoms with Crippen LogP contribution in [-0.4, -0.2) is 62.7 Å². The van der Waals surface area contributed by atoms with Crippen LogP contribution in [0.25, 0.3) is 0 Å². The summed E-state index contributed by atoms with van der Waals surface area (Å²) in [5, 5.41) is 3.47. The molecule has 0 radical (unpaired) electrons. The summed E-state index contributed by atoms with van der Waals surface area (Å²) >= 11 is 0. The summed E-state index contributed by atoms with van der Waals surface area (Å²) in [7, 11) is 4.33. The van der Waals surface area contributed by atoms with Crippen LogP contribution >= 0.6 is 0 Å². The van der Waals surface area contributed by atoms with E-state index in [1.54, 1.807) is 0 Å². The second-order valence-electron chi connectivity index (χ2n) is 6.24. The molecule has 1 N–H and O–H groups in total. The van der Waals surface area contributed by atoms with Gasteiger partial charge in [0.15, 0.2) is 0 Å². The first-order valence-electron chi connectivity index (χ1n) is 7.06. The second kappa shape index (κ2) is 6.72. The van der Waals surface area contributed by atoms with Gasteiger partial charge in [-0.3, -0.25) is 4.90 Å². The Balaban J connectivity index is 2.49. The Kier molecular flexibility index (Phi) is 5.90. The lowest BCUT2D eigenvalue weighted by Crippen LogP contribution is -2.48. The molecular formula is C14H31N3. The van der Waals surface area contributed by atoms with Gasteiger partial charge >= 0.3 is 0 Å². The van der Waals surface area contributed by atoms with E-state index in [2.05, 4.69) is 50.0 Å². The van der Waals surface area contributed by atoms with E-state index in [1.807, 2.05) is 0 Å². The quantitative estimate of drug-likeness (QED) is 0.763.